The molecule has 1 rings (SSSR count). The first-order chi connectivity index (χ1) is 8.33. The number of carboxylic acids is 2. The third-order valence-corrected chi connectivity index (χ3v) is 4.69. The van der Waals surface area contributed by atoms with Gasteiger partial charge < -0.3 is 19.6 Å². The van der Waals surface area contributed by atoms with Gasteiger partial charge in [0.15, 0.2) is 5.66 Å². The van der Waals surface area contributed by atoms with Gasteiger partial charge in [-0.15, -0.1) is 0 Å². The van der Waals surface area contributed by atoms with Crippen LogP contribution in [0.15, 0.2) is 0 Å². The highest BCUT2D eigenvalue weighted by Crippen LogP contribution is 2.51. The van der Waals surface area contributed by atoms with E-state index in [4.69, 9.17) is 14.7 Å². The highest BCUT2D eigenvalue weighted by molar-refractivity contribution is 7.54. The van der Waals surface area contributed by atoms with Gasteiger partial charge in [0.25, 0.3) is 0 Å². The van der Waals surface area contributed by atoms with Gasteiger partial charge in [-0.2, -0.15) is 0 Å². The van der Waals surface area contributed by atoms with E-state index in [2.05, 4.69) is 0 Å². The maximum absolute atomic E-state index is 11.8. The lowest BCUT2D eigenvalue weighted by atomic mass is 9.98. The Kier molecular flexibility index (Phi) is 5.31. The molecule has 18 heavy (non-hydrogen) atoms. The Hall–Kier alpha value is -0.910. The van der Waals surface area contributed by atoms with Gasteiger partial charge in [0.2, 0.25) is 0 Å². The van der Waals surface area contributed by atoms with E-state index in [-0.39, 0.29) is 0 Å². The molecule has 1 aliphatic rings. The maximum Gasteiger partial charge on any atom is 0.343 e. The van der Waals surface area contributed by atoms with Crippen LogP contribution in [0.2, 0.25) is 0 Å². The molecule has 3 N–H and O–H groups in total. The Balaban J connectivity index is 2.70. The summed E-state index contributed by atoms with van der Waals surface area (Å²) in [6.07, 6.45) is 2.57. The van der Waals surface area contributed by atoms with Crippen molar-refractivity contribution in [1.82, 2.24) is 0 Å². The van der Waals surface area contributed by atoms with Crippen molar-refractivity contribution in [3.8, 4) is 0 Å². The summed E-state index contributed by atoms with van der Waals surface area (Å²) in [6.45, 7) is 0. The van der Waals surface area contributed by atoms with Crippen LogP contribution in [0.4, 0.5) is 0 Å². The van der Waals surface area contributed by atoms with Crippen molar-refractivity contribution < 1.29 is 33.8 Å². The van der Waals surface area contributed by atoms with Crippen LogP contribution in [0.5, 0.6) is 0 Å². The van der Waals surface area contributed by atoms with Gasteiger partial charge in [0.1, 0.15) is 0 Å². The minimum absolute atomic E-state index is 0.453. The van der Waals surface area contributed by atoms with Crippen LogP contribution in [0, 0.1) is 0 Å². The molecule has 1 aliphatic carbocycles. The monoisotopic (exact) mass is 280 g/mol. The third-order valence-electron chi connectivity index (χ3n) is 2.90. The molecule has 0 aromatic rings. The van der Waals surface area contributed by atoms with E-state index in [1.54, 1.807) is 0 Å². The fraction of sp³-hybridized carbons (Fsp3) is 0.800. The molecule has 0 aromatic carbocycles. The van der Waals surface area contributed by atoms with Gasteiger partial charge in [-0.3, -0.25) is 14.2 Å². The molecule has 2 atom stereocenters. The molecule has 0 bridgehead atoms. The van der Waals surface area contributed by atoms with Crippen molar-refractivity contribution in [1.29, 1.82) is 0 Å². The topological polar surface area (TPSA) is 121 Å². The van der Waals surface area contributed by atoms with E-state index in [1.165, 1.54) is 0 Å². The van der Waals surface area contributed by atoms with Gasteiger partial charge in [-0.1, -0.05) is 19.3 Å². The predicted octanol–water partition coefficient (Wildman–Crippen LogP) is 1.45. The van der Waals surface area contributed by atoms with Crippen LogP contribution >= 0.6 is 7.60 Å². The molecule has 0 spiro atoms. The van der Waals surface area contributed by atoms with Crippen LogP contribution in [-0.2, 0) is 18.7 Å². The molecule has 1 saturated carbocycles. The average molecular weight is 280 g/mol. The zero-order chi connectivity index (χ0) is 13.8. The van der Waals surface area contributed by atoms with Gasteiger partial charge >= 0.3 is 19.5 Å². The molecule has 0 heterocycles. The summed E-state index contributed by atoms with van der Waals surface area (Å²) in [6, 6.07) is 0. The van der Waals surface area contributed by atoms with E-state index in [0.717, 1.165) is 19.3 Å². The second-order valence-corrected chi connectivity index (χ2v) is 6.34. The second kappa shape index (κ2) is 6.31. The van der Waals surface area contributed by atoms with E-state index in [1.807, 2.05) is 0 Å². The average Bonchev–Trinajstić information content (AvgIpc) is 2.26. The molecule has 104 valence electrons. The highest BCUT2D eigenvalue weighted by Gasteiger charge is 2.42. The van der Waals surface area contributed by atoms with Crippen molar-refractivity contribution in [2.45, 2.75) is 50.3 Å². The summed E-state index contributed by atoms with van der Waals surface area (Å²) in [7, 11) is -4.46. The van der Waals surface area contributed by atoms with Gasteiger partial charge in [0.05, 0.1) is 12.5 Å². The molecular formula is C10H17O7P. The minimum atomic E-state index is -4.46. The minimum Gasteiger partial charge on any atom is -0.481 e. The molecule has 7 nitrogen and oxygen atoms in total. The summed E-state index contributed by atoms with van der Waals surface area (Å²) in [5.74, 6) is -3.07. The van der Waals surface area contributed by atoms with Crippen LogP contribution < -0.4 is 0 Å². The number of hydrogen-bond acceptors (Lipinski definition) is 4. The number of carboxylic acid groups (broad SMARTS) is 2. The lowest BCUT2D eigenvalue weighted by molar-refractivity contribution is -0.143. The lowest BCUT2D eigenvalue weighted by Crippen LogP contribution is -2.27. The van der Waals surface area contributed by atoms with Crippen molar-refractivity contribution in [2.24, 2.45) is 0 Å². The van der Waals surface area contributed by atoms with E-state index >= 15 is 0 Å². The fourth-order valence-electron chi connectivity index (χ4n) is 1.97. The Labute approximate surface area is 104 Å². The molecule has 0 aromatic heterocycles. The largest absolute Gasteiger partial charge is 0.481 e. The predicted molar refractivity (Wildman–Crippen MR) is 61.5 cm³/mol. The summed E-state index contributed by atoms with van der Waals surface area (Å²) in [5.41, 5.74) is -1.91. The lowest BCUT2D eigenvalue weighted by Gasteiger charge is -2.26. The Morgan fingerprint density at radius 1 is 1.22 bits per heavy atom. The van der Waals surface area contributed by atoms with E-state index in [9.17, 15) is 19.0 Å². The maximum atomic E-state index is 11.8. The smallest absolute Gasteiger partial charge is 0.343 e. The fourth-order valence-corrected chi connectivity index (χ4v) is 3.42. The van der Waals surface area contributed by atoms with Crippen LogP contribution in [0.1, 0.15) is 38.5 Å². The first-order valence-corrected chi connectivity index (χ1v) is 7.43. The second-order valence-electron chi connectivity index (χ2n) is 4.38. The molecule has 0 amide bonds. The van der Waals surface area contributed by atoms with Crippen LogP contribution in [0.25, 0.3) is 0 Å². The quantitative estimate of drug-likeness (QED) is 0.629. The molecule has 8 heteroatoms. The van der Waals surface area contributed by atoms with Crippen molar-refractivity contribution in [3.05, 3.63) is 0 Å². The molecule has 0 radical (unpaired) electrons. The van der Waals surface area contributed by atoms with Gasteiger partial charge in [-0.05, 0) is 12.8 Å². The molecule has 0 aliphatic heterocycles. The first kappa shape index (κ1) is 15.1. The van der Waals surface area contributed by atoms with Gasteiger partial charge in [-0.25, -0.2) is 0 Å². The Morgan fingerprint density at radius 3 is 2.22 bits per heavy atom. The molecule has 1 fully saturated rings. The van der Waals surface area contributed by atoms with Crippen molar-refractivity contribution in [3.63, 3.8) is 0 Å². The summed E-state index contributed by atoms with van der Waals surface area (Å²) < 4.78 is 16.8. The molecular weight excluding hydrogens is 263 g/mol. The summed E-state index contributed by atoms with van der Waals surface area (Å²) in [4.78, 5) is 31.0. The SMILES string of the molecule is O=C(O)CC(C(=O)O)P(=O)(O)OC1CCCCC1. The zero-order valence-electron chi connectivity index (χ0n) is 9.82. The molecule has 0 saturated heterocycles. The van der Waals surface area contributed by atoms with Gasteiger partial charge in [0, 0.05) is 0 Å². The summed E-state index contributed by atoms with van der Waals surface area (Å²) >= 11 is 0. The van der Waals surface area contributed by atoms with Crippen molar-refractivity contribution in [2.75, 3.05) is 0 Å². The number of hydrogen-bond donors (Lipinski definition) is 3. The first-order valence-electron chi connectivity index (χ1n) is 5.78. The zero-order valence-corrected chi connectivity index (χ0v) is 10.7. The van der Waals surface area contributed by atoms with E-state index in [0.29, 0.717) is 12.8 Å². The van der Waals surface area contributed by atoms with Crippen LogP contribution in [0.3, 0.4) is 0 Å². The molecule has 2 unspecified atom stereocenters. The van der Waals surface area contributed by atoms with E-state index < -0.39 is 37.7 Å². The number of carbonyl (C=O) groups is 2. The normalized spacial score (nSPS) is 22.1. The number of aliphatic carboxylic acids is 2. The standard InChI is InChI=1S/C10H17O7P/c11-9(12)6-8(10(13)14)18(15,16)17-7-4-2-1-3-5-7/h7-8H,1-6H2,(H,11,12)(H,13,14)(H,15,16). The summed E-state index contributed by atoms with van der Waals surface area (Å²) in [5, 5.41) is 17.4. The third kappa shape index (κ3) is 4.40. The Bertz CT molecular complexity index is 361. The van der Waals surface area contributed by atoms with Crippen molar-refractivity contribution >= 4 is 19.5 Å². The Morgan fingerprint density at radius 2 is 1.78 bits per heavy atom. The van der Waals surface area contributed by atoms with Crippen LogP contribution in [-0.4, -0.2) is 38.8 Å². The highest BCUT2D eigenvalue weighted by atomic mass is 31.2. The number of rotatable bonds is 6.